The molecule has 18 heavy (non-hydrogen) atoms. The first kappa shape index (κ1) is 14.0. The third kappa shape index (κ3) is 4.05. The van der Waals surface area contributed by atoms with Crippen LogP contribution in [0, 0.1) is 13.8 Å². The number of nitrogens with one attached hydrogen (secondary N) is 2. The first-order chi connectivity index (χ1) is 8.54. The van der Waals surface area contributed by atoms with Gasteiger partial charge in [-0.2, -0.15) is 0 Å². The smallest absolute Gasteiger partial charge is 0.244 e. The lowest BCUT2D eigenvalue weighted by Gasteiger charge is -2.10. The van der Waals surface area contributed by atoms with Crippen LogP contribution in [0.1, 0.15) is 18.1 Å². The molecule has 4 nitrogen and oxygen atoms in total. The third-order valence-electron chi connectivity index (χ3n) is 2.62. The molecule has 0 atom stereocenters. The highest BCUT2D eigenvalue weighted by Crippen LogP contribution is 2.17. The SMILES string of the molecule is C/C=C/C(=O)NCC(=O)Nc1cccc(C)c1C. The van der Waals surface area contributed by atoms with Gasteiger partial charge in [-0.05, 0) is 44.0 Å². The fourth-order valence-corrected chi connectivity index (χ4v) is 1.46. The molecule has 0 aliphatic carbocycles. The Morgan fingerprint density at radius 2 is 2.00 bits per heavy atom. The maximum Gasteiger partial charge on any atom is 0.244 e. The molecule has 2 amide bonds. The number of carbonyl (C=O) groups is 2. The summed E-state index contributed by atoms with van der Waals surface area (Å²) in [5.74, 6) is -0.504. The number of carbonyl (C=O) groups excluding carboxylic acids is 2. The molecule has 1 aromatic rings. The summed E-state index contributed by atoms with van der Waals surface area (Å²) in [5.41, 5.74) is 2.93. The molecule has 0 aliphatic heterocycles. The summed E-state index contributed by atoms with van der Waals surface area (Å²) in [6, 6.07) is 5.71. The van der Waals surface area contributed by atoms with Crippen LogP contribution >= 0.6 is 0 Å². The maximum atomic E-state index is 11.6. The predicted octanol–water partition coefficient (Wildman–Crippen LogP) is 1.93. The van der Waals surface area contributed by atoms with Crippen molar-refractivity contribution in [1.29, 1.82) is 0 Å². The molecule has 0 bridgehead atoms. The zero-order valence-corrected chi connectivity index (χ0v) is 10.9. The van der Waals surface area contributed by atoms with E-state index in [0.29, 0.717) is 0 Å². The van der Waals surface area contributed by atoms with E-state index in [2.05, 4.69) is 10.6 Å². The van der Waals surface area contributed by atoms with E-state index in [-0.39, 0.29) is 18.4 Å². The molecular weight excluding hydrogens is 228 g/mol. The van der Waals surface area contributed by atoms with Gasteiger partial charge in [-0.25, -0.2) is 0 Å². The fourth-order valence-electron chi connectivity index (χ4n) is 1.46. The van der Waals surface area contributed by atoms with Crippen molar-refractivity contribution in [1.82, 2.24) is 5.32 Å². The highest BCUT2D eigenvalue weighted by Gasteiger charge is 2.06. The molecule has 0 spiro atoms. The highest BCUT2D eigenvalue weighted by molar-refractivity contribution is 5.97. The quantitative estimate of drug-likeness (QED) is 0.798. The average molecular weight is 246 g/mol. The van der Waals surface area contributed by atoms with E-state index < -0.39 is 0 Å². The predicted molar refractivity (Wildman–Crippen MR) is 72.4 cm³/mol. The van der Waals surface area contributed by atoms with Crippen LogP contribution in [-0.2, 0) is 9.59 Å². The largest absolute Gasteiger partial charge is 0.343 e. The summed E-state index contributed by atoms with van der Waals surface area (Å²) in [5, 5.41) is 5.27. The Hall–Kier alpha value is -2.10. The molecular formula is C14H18N2O2. The van der Waals surface area contributed by atoms with E-state index in [4.69, 9.17) is 0 Å². The van der Waals surface area contributed by atoms with Crippen LogP contribution in [0.3, 0.4) is 0 Å². The monoisotopic (exact) mass is 246 g/mol. The third-order valence-corrected chi connectivity index (χ3v) is 2.62. The van der Waals surface area contributed by atoms with Gasteiger partial charge < -0.3 is 10.6 Å². The van der Waals surface area contributed by atoms with E-state index in [1.165, 1.54) is 6.08 Å². The molecule has 0 aromatic heterocycles. The number of benzene rings is 1. The lowest BCUT2D eigenvalue weighted by atomic mass is 10.1. The molecule has 0 saturated heterocycles. The zero-order chi connectivity index (χ0) is 13.5. The van der Waals surface area contributed by atoms with Crippen molar-refractivity contribution in [2.45, 2.75) is 20.8 Å². The molecule has 0 heterocycles. The second-order valence-corrected chi connectivity index (χ2v) is 4.01. The van der Waals surface area contributed by atoms with E-state index in [0.717, 1.165) is 16.8 Å². The van der Waals surface area contributed by atoms with Crippen molar-refractivity contribution in [3.63, 3.8) is 0 Å². The van der Waals surface area contributed by atoms with Crippen molar-refractivity contribution in [3.8, 4) is 0 Å². The number of rotatable bonds is 4. The number of anilines is 1. The van der Waals surface area contributed by atoms with Crippen molar-refractivity contribution in [2.75, 3.05) is 11.9 Å². The molecule has 1 aromatic carbocycles. The topological polar surface area (TPSA) is 58.2 Å². The van der Waals surface area contributed by atoms with E-state index in [1.807, 2.05) is 32.0 Å². The summed E-state index contributed by atoms with van der Waals surface area (Å²) in [7, 11) is 0. The van der Waals surface area contributed by atoms with Crippen molar-refractivity contribution >= 4 is 17.5 Å². The minimum atomic E-state index is -0.270. The zero-order valence-electron chi connectivity index (χ0n) is 10.9. The van der Waals surface area contributed by atoms with Gasteiger partial charge in [-0.1, -0.05) is 18.2 Å². The van der Waals surface area contributed by atoms with Gasteiger partial charge in [0.25, 0.3) is 0 Å². The normalized spacial score (nSPS) is 10.4. The summed E-state index contributed by atoms with van der Waals surface area (Å²) in [6.07, 6.45) is 3.00. The van der Waals surface area contributed by atoms with Crippen LogP contribution in [0.15, 0.2) is 30.4 Å². The Kier molecular flexibility index (Phi) is 5.11. The van der Waals surface area contributed by atoms with Crippen LogP contribution in [0.5, 0.6) is 0 Å². The van der Waals surface area contributed by atoms with Gasteiger partial charge in [0.15, 0.2) is 0 Å². The lowest BCUT2D eigenvalue weighted by molar-refractivity contribution is -0.121. The number of hydrogen-bond donors (Lipinski definition) is 2. The van der Waals surface area contributed by atoms with Crippen LogP contribution in [0.4, 0.5) is 5.69 Å². The first-order valence-electron chi connectivity index (χ1n) is 5.81. The molecule has 96 valence electrons. The Balaban J connectivity index is 2.55. The summed E-state index contributed by atoms with van der Waals surface area (Å²) in [6.45, 7) is 5.65. The summed E-state index contributed by atoms with van der Waals surface area (Å²) >= 11 is 0. The fraction of sp³-hybridized carbons (Fsp3) is 0.286. The molecule has 0 saturated carbocycles. The van der Waals surface area contributed by atoms with Crippen LogP contribution in [0.25, 0.3) is 0 Å². The van der Waals surface area contributed by atoms with Gasteiger partial charge in [0.1, 0.15) is 0 Å². The second-order valence-electron chi connectivity index (χ2n) is 4.01. The minimum Gasteiger partial charge on any atom is -0.343 e. The van der Waals surface area contributed by atoms with E-state index >= 15 is 0 Å². The molecule has 4 heteroatoms. The maximum absolute atomic E-state index is 11.6. The summed E-state index contributed by atoms with van der Waals surface area (Å²) < 4.78 is 0. The van der Waals surface area contributed by atoms with Crippen LogP contribution in [0.2, 0.25) is 0 Å². The van der Waals surface area contributed by atoms with Gasteiger partial charge in [-0.3, -0.25) is 9.59 Å². The first-order valence-corrected chi connectivity index (χ1v) is 5.81. The van der Waals surface area contributed by atoms with Gasteiger partial charge in [0.05, 0.1) is 6.54 Å². The van der Waals surface area contributed by atoms with Gasteiger partial charge in [-0.15, -0.1) is 0 Å². The standard InChI is InChI=1S/C14H18N2O2/c1-4-6-13(17)15-9-14(18)16-12-8-5-7-10(2)11(12)3/h4-8H,9H2,1-3H3,(H,15,17)(H,16,18)/b6-4+. The van der Waals surface area contributed by atoms with Crippen molar-refractivity contribution in [2.24, 2.45) is 0 Å². The number of allylic oxidation sites excluding steroid dienone is 1. The van der Waals surface area contributed by atoms with Crippen molar-refractivity contribution < 1.29 is 9.59 Å². The van der Waals surface area contributed by atoms with E-state index in [1.54, 1.807) is 13.0 Å². The number of amides is 2. The molecule has 0 unspecified atom stereocenters. The van der Waals surface area contributed by atoms with Gasteiger partial charge >= 0.3 is 0 Å². The highest BCUT2D eigenvalue weighted by atomic mass is 16.2. The Morgan fingerprint density at radius 3 is 2.67 bits per heavy atom. The number of hydrogen-bond acceptors (Lipinski definition) is 2. The van der Waals surface area contributed by atoms with Gasteiger partial charge in [0, 0.05) is 5.69 Å². The lowest BCUT2D eigenvalue weighted by Crippen LogP contribution is -2.31. The Morgan fingerprint density at radius 1 is 1.28 bits per heavy atom. The summed E-state index contributed by atoms with van der Waals surface area (Å²) in [4.78, 5) is 22.8. The van der Waals surface area contributed by atoms with Crippen molar-refractivity contribution in [3.05, 3.63) is 41.5 Å². The van der Waals surface area contributed by atoms with Crippen LogP contribution < -0.4 is 10.6 Å². The number of aryl methyl sites for hydroxylation is 1. The van der Waals surface area contributed by atoms with Gasteiger partial charge in [0.2, 0.25) is 11.8 Å². The molecule has 1 rings (SSSR count). The minimum absolute atomic E-state index is 0.0312. The molecule has 0 fully saturated rings. The van der Waals surface area contributed by atoms with Crippen LogP contribution in [-0.4, -0.2) is 18.4 Å². The molecule has 0 radical (unpaired) electrons. The second kappa shape index (κ2) is 6.59. The molecule has 0 aliphatic rings. The Bertz CT molecular complexity index is 479. The molecule has 2 N–H and O–H groups in total. The average Bonchev–Trinajstić information content (AvgIpc) is 2.33. The Labute approximate surface area is 107 Å². The van der Waals surface area contributed by atoms with E-state index in [9.17, 15) is 9.59 Å².